The number of para-hydroxylation sites is 2. The Balaban J connectivity index is 0.0000144. The van der Waals surface area contributed by atoms with Crippen molar-refractivity contribution in [2.75, 3.05) is 0 Å². The third-order valence-electron chi connectivity index (χ3n) is 15.2. The molecule has 424 valence electrons. The predicted molar refractivity (Wildman–Crippen MR) is 349 cm³/mol. The average Bonchev–Trinajstić information content (AvgIpc) is 0.844. The monoisotopic (exact) mass is 1350 g/mol. The van der Waals surface area contributed by atoms with E-state index in [4.69, 9.17) is 55.0 Å². The summed E-state index contributed by atoms with van der Waals surface area (Å²) in [6, 6.07) is 17.8. The maximum atomic E-state index is 10.5. The molecule has 0 amide bonds. The first-order valence-corrected chi connectivity index (χ1v) is 27.8. The van der Waals surface area contributed by atoms with Gasteiger partial charge >= 0.3 is 0 Å². The fraction of sp³-hybridized carbons (Fsp3) is 0.231. The summed E-state index contributed by atoms with van der Waals surface area (Å²) < 4.78 is 465. The van der Waals surface area contributed by atoms with Crippen molar-refractivity contribution in [2.24, 2.45) is 0 Å². The Morgan fingerprint density at radius 2 is 1.19 bits per heavy atom. The Bertz CT molecular complexity index is 6670. The first-order chi connectivity index (χ1) is 60.5. The number of ether oxygens (including phenoxy) is 1. The van der Waals surface area contributed by atoms with Crippen molar-refractivity contribution in [3.05, 3.63) is 235 Å². The van der Waals surface area contributed by atoms with Gasteiger partial charge in [-0.3, -0.25) is 4.57 Å². The van der Waals surface area contributed by atoms with Gasteiger partial charge in [-0.15, -0.1) is 29.7 Å². The van der Waals surface area contributed by atoms with Crippen LogP contribution in [0.3, 0.4) is 0 Å². The van der Waals surface area contributed by atoms with Crippen LogP contribution in [0.15, 0.2) is 194 Å². The Morgan fingerprint density at radius 1 is 0.553 bits per heavy atom. The number of fused-ring (bicyclic) bond motifs is 9. The zero-order chi connectivity index (χ0) is 99.4. The van der Waals surface area contributed by atoms with E-state index in [1.54, 1.807) is 53.1 Å². The van der Waals surface area contributed by atoms with Gasteiger partial charge in [0.05, 0.1) is 31.8 Å². The van der Waals surface area contributed by atoms with Crippen LogP contribution >= 0.6 is 0 Å². The number of pyridine rings is 1. The molecule has 3 aromatic heterocycles. The summed E-state index contributed by atoms with van der Waals surface area (Å²) in [6.45, 7) is -43.5. The van der Waals surface area contributed by atoms with Gasteiger partial charge in [-0.1, -0.05) is 213 Å². The Morgan fingerprint density at radius 3 is 1.88 bits per heavy atom. The van der Waals surface area contributed by atoms with Crippen LogP contribution in [0.25, 0.3) is 94.5 Å². The fourth-order valence-electron chi connectivity index (χ4n) is 11.2. The summed E-state index contributed by atoms with van der Waals surface area (Å²) >= 11 is 0. The van der Waals surface area contributed by atoms with Gasteiger partial charge in [0.15, 0.2) is 0 Å². The molecule has 9 aromatic carbocycles. The predicted octanol–water partition coefficient (Wildman–Crippen LogP) is 18.1. The molecule has 15 rings (SSSR count). The Hall–Kier alpha value is -7.89. The van der Waals surface area contributed by atoms with Crippen molar-refractivity contribution in [2.45, 2.75) is 115 Å². The quantitative estimate of drug-likeness (QED) is 0.0863. The number of hydrogen-bond donors (Lipinski definition) is 0. The first kappa shape index (κ1) is 23.1. The third kappa shape index (κ3) is 8.87. The van der Waals surface area contributed by atoms with Crippen LogP contribution in [-0.4, -0.2) is 22.2 Å². The molecule has 0 spiro atoms. The minimum atomic E-state index is -4.98. The van der Waals surface area contributed by atoms with Gasteiger partial charge in [0.1, 0.15) is 13.9 Å². The van der Waals surface area contributed by atoms with Gasteiger partial charge in [0, 0.05) is 96.4 Å². The van der Waals surface area contributed by atoms with E-state index in [1.165, 1.54) is 42.6 Å². The molecule has 0 bridgehead atoms. The molecule has 0 N–H and O–H groups in total. The molecule has 0 atom stereocenters. The molecule has 1 aliphatic heterocycles. The summed E-state index contributed by atoms with van der Waals surface area (Å²) in [5.74, 6) is -0.382. The van der Waals surface area contributed by atoms with E-state index >= 15 is 0 Å². The van der Waals surface area contributed by atoms with E-state index in [9.17, 15) is 21.9 Å². The van der Waals surface area contributed by atoms with E-state index in [1.807, 2.05) is 0 Å². The van der Waals surface area contributed by atoms with Crippen LogP contribution in [0.4, 0.5) is 0 Å². The number of imidazole rings is 1. The molecular formula is C78H70N4OPtSi-2. The molecule has 5 nitrogen and oxygen atoms in total. The van der Waals surface area contributed by atoms with Crippen molar-refractivity contribution >= 4 is 51.3 Å². The van der Waals surface area contributed by atoms with Crippen molar-refractivity contribution in [1.82, 2.24) is 14.1 Å². The van der Waals surface area contributed by atoms with Crippen molar-refractivity contribution in [3.8, 4) is 73.2 Å². The molecular weight excluding hydrogens is 1230 g/mol. The third-order valence-corrected chi connectivity index (χ3v) is 17.6. The van der Waals surface area contributed by atoms with Crippen LogP contribution in [0.2, 0.25) is 13.0 Å². The standard InChI is InChI=1S/C78H70N4OSi.Pt/c1-75(2)38-40-77(5,6)65-42-52(30-35-63(65)75)57-26-19-27-58(53-31-36-64-66(43-53)78(7,8)41-39-76(64,3)4)74(57)81-49-80(70-44-51(32-37-68(70)81)50-20-12-11-13-21-50)54-22-18-23-55(45-54)83-56-33-34-60-59-24-14-16-28-67(59)82(69(60)46-56)73-47-72-62(48-79-73)61-25-15-17-29-71(61)84(72,9)10;/h11-37,42-44,47-48H,38-41H2,1-10H3;/q-2;/i1D3,2D3,3D3,4D3,5D3,6D3,7D3,8D3,9D3,10D3,11D,12D,13D,20D,21D,30D,31D,35D,36D,38D2,39D2,40D2,41D2,42D,43D;. The summed E-state index contributed by atoms with van der Waals surface area (Å²) in [7, 11) is -4.81. The molecule has 2 aliphatic carbocycles. The molecule has 3 aliphatic rings. The van der Waals surface area contributed by atoms with Gasteiger partial charge in [0.25, 0.3) is 6.33 Å². The van der Waals surface area contributed by atoms with E-state index in [-0.39, 0.29) is 71.1 Å². The molecule has 0 saturated carbocycles. The van der Waals surface area contributed by atoms with Gasteiger partial charge < -0.3 is 13.9 Å². The SMILES string of the molecule is [2H]c1c([2H])c([2H])c(-c2ccc3c(c2)n(-c2[c-]c(Oc4[c-]c5c(cc4)c4ccccc4n5-c4cc5c(cn4)-c4ccccc4[Si]5(C([2H])([2H])[2H])C([2H])([2H])[2H])ccc2)[c-][n+]3-c2c(-c3c([2H])c([2H])c4c(c3[2H])C(C([2H])([2H])[2H])(C([2H])([2H])[2H])C([2H])([2H])C([2H])([2H])C4(C([2H])([2H])[2H])C([2H])([2H])[2H])cccc2-c2c([2H])c([2H])c3c(c2[2H])C(C([2H])([2H])[2H])(C([2H])([2H])[2H])C([2H])([2H])C([2H])([2H])C3(C([2H])([2H])[2H])C([2H])([2H])[2H])c([2H])c1[2H].[Pt]. The van der Waals surface area contributed by atoms with Crippen LogP contribution < -0.4 is 19.7 Å². The molecule has 0 saturated heterocycles. The smallest absolute Gasteiger partial charge is 0.268 e. The zero-order valence-electron chi connectivity index (χ0n) is 92.6. The Labute approximate surface area is 585 Å². The topological polar surface area (TPSA) is 35.9 Å². The minimum absolute atomic E-state index is 0. The van der Waals surface area contributed by atoms with E-state index < -0.39 is 256 Å². The molecule has 0 unspecified atom stereocenters. The van der Waals surface area contributed by atoms with Gasteiger partial charge in [0.2, 0.25) is 0 Å². The number of benzene rings is 9. The molecule has 12 aromatic rings. The summed E-state index contributed by atoms with van der Waals surface area (Å²) in [5, 5.41) is 1.24. The van der Waals surface area contributed by atoms with E-state index in [0.29, 0.717) is 21.9 Å². The van der Waals surface area contributed by atoms with E-state index in [2.05, 4.69) is 18.5 Å². The molecule has 85 heavy (non-hydrogen) atoms. The maximum Gasteiger partial charge on any atom is 0.268 e. The van der Waals surface area contributed by atoms with Crippen LogP contribution in [0.1, 0.15) is 170 Å². The van der Waals surface area contributed by atoms with Crippen molar-refractivity contribution in [3.63, 3.8) is 0 Å². The number of rotatable bonds is 8. The summed E-state index contributed by atoms with van der Waals surface area (Å²) in [4.78, 5) is 4.82. The van der Waals surface area contributed by atoms with Crippen LogP contribution in [0.5, 0.6) is 11.5 Å². The second kappa shape index (κ2) is 19.8. The van der Waals surface area contributed by atoms with Gasteiger partial charge in [-0.25, -0.2) is 4.98 Å². The summed E-state index contributed by atoms with van der Waals surface area (Å²) in [5.41, 5.74) is -34.3. The number of nitrogens with zero attached hydrogens (tertiary/aromatic N) is 4. The second-order valence-electron chi connectivity index (χ2n) is 20.5. The van der Waals surface area contributed by atoms with Crippen LogP contribution in [0, 0.1) is 18.5 Å². The summed E-state index contributed by atoms with van der Waals surface area (Å²) in [6.07, 6.45) is -15.4. The molecule has 0 fully saturated rings. The molecule has 7 heteroatoms. The Kier molecular flexibility index (Phi) is 5.39. The number of hydrogen-bond acceptors (Lipinski definition) is 2. The first-order valence-electron chi connectivity index (χ1n) is 50.3. The van der Waals surface area contributed by atoms with Crippen molar-refractivity contribution < 1.29 is 97.5 Å². The van der Waals surface area contributed by atoms with Crippen molar-refractivity contribution in [1.29, 1.82) is 0 Å². The molecule has 4 heterocycles. The second-order valence-corrected chi connectivity index (χ2v) is 23.1. The minimum Gasteiger partial charge on any atom is -0.510 e. The maximum absolute atomic E-state index is 10.5. The average molecular weight is 1350 g/mol. The zero-order valence-corrected chi connectivity index (χ0v) is 46.9. The fourth-order valence-corrected chi connectivity index (χ4v) is 13.4. The van der Waals surface area contributed by atoms with Crippen LogP contribution in [-0.2, 0) is 42.7 Å². The van der Waals surface area contributed by atoms with E-state index in [0.717, 1.165) is 45.5 Å². The molecule has 0 radical (unpaired) electrons. The number of aromatic nitrogens is 4. The van der Waals surface area contributed by atoms with Gasteiger partial charge in [-0.2, -0.15) is 18.2 Å². The van der Waals surface area contributed by atoms with Gasteiger partial charge in [-0.05, 0) is 154 Å². The normalized spacial score (nSPS) is 28.8. The largest absolute Gasteiger partial charge is 0.510 e.